The summed E-state index contributed by atoms with van der Waals surface area (Å²) >= 11 is 0. The van der Waals surface area contributed by atoms with Crippen molar-refractivity contribution >= 4 is 17.7 Å². The van der Waals surface area contributed by atoms with Crippen LogP contribution in [-0.4, -0.2) is 103 Å². The lowest BCUT2D eigenvalue weighted by molar-refractivity contribution is -0.297. The van der Waals surface area contributed by atoms with Crippen molar-refractivity contribution < 1.29 is 49.0 Å². The Morgan fingerprint density at radius 2 is 1.74 bits per heavy atom. The highest BCUT2D eigenvalue weighted by atomic mass is 16.7. The monoisotopic (exact) mass is 661 g/mol. The number of nitrogens with zero attached hydrogens (tertiary/aromatic N) is 1. The third kappa shape index (κ3) is 4.22. The van der Waals surface area contributed by atoms with Gasteiger partial charge in [-0.3, -0.25) is 19.3 Å². The predicted octanol–water partition coefficient (Wildman–Crippen LogP) is 2.20. The first-order chi connectivity index (χ1) is 21.9. The maximum atomic E-state index is 13.6. The van der Waals surface area contributed by atoms with Crippen molar-refractivity contribution in [3.63, 3.8) is 0 Å². The van der Waals surface area contributed by atoms with E-state index in [1.54, 1.807) is 13.8 Å². The second-order valence-corrected chi connectivity index (χ2v) is 17.2. The van der Waals surface area contributed by atoms with E-state index in [4.69, 9.17) is 14.2 Å². The minimum atomic E-state index is -1.93. The molecule has 4 bridgehead atoms. The molecule has 7 rings (SSSR count). The van der Waals surface area contributed by atoms with E-state index in [1.165, 1.54) is 13.8 Å². The Balaban J connectivity index is 1.43. The molecule has 17 atom stereocenters. The Morgan fingerprint density at radius 1 is 1.04 bits per heavy atom. The number of carbonyl (C=O) groups is 3. The van der Waals surface area contributed by atoms with Gasteiger partial charge < -0.3 is 34.6 Å². The number of hydrogen-bond donors (Lipinski definition) is 4. The first kappa shape index (κ1) is 33.8. The number of ether oxygens (including phenoxy) is 3. The zero-order valence-corrected chi connectivity index (χ0v) is 29.0. The number of fused-ring (bicyclic) bond motifs is 5. The fraction of sp³-hybridized carbons (Fsp3) is 0.917. The van der Waals surface area contributed by atoms with Crippen LogP contribution >= 0.6 is 0 Å². The van der Waals surface area contributed by atoms with Gasteiger partial charge in [0.2, 0.25) is 0 Å². The summed E-state index contributed by atoms with van der Waals surface area (Å²) < 4.78 is 19.2. The summed E-state index contributed by atoms with van der Waals surface area (Å²) in [5.41, 5.74) is -5.26. The van der Waals surface area contributed by atoms with Gasteiger partial charge in [-0.1, -0.05) is 27.7 Å². The molecule has 4 saturated carbocycles. The number of Topliss-reactive ketones (excluding diaryl/α,β-unsaturated/α-hetero) is 1. The Hall–Kier alpha value is -1.63. The largest absolute Gasteiger partial charge is 0.462 e. The molecule has 47 heavy (non-hydrogen) atoms. The van der Waals surface area contributed by atoms with Gasteiger partial charge in [0.25, 0.3) is 0 Å². The van der Waals surface area contributed by atoms with E-state index in [-0.39, 0.29) is 24.7 Å². The number of carbonyl (C=O) groups excluding carboxylic acids is 3. The number of aliphatic hydroxyl groups is 4. The standard InChI is InChI=1S/C36H55NO10/c1-8-18(3)31(41)46-30-28(40)27-21(16-37-15-17(2)9-10-26(37)33(27,7)42)23-14-34-29(35(23,30)43)24(45-20(5)39)13-25-32(34,6)12-11-22(19(4)38)36(25,44)47-34/h17-18,21-30,40,42-44H,8-16H2,1-7H3. The third-order valence-electron chi connectivity index (χ3n) is 14.9. The van der Waals surface area contributed by atoms with E-state index < -0.39 is 99.7 Å². The highest BCUT2D eigenvalue weighted by Gasteiger charge is 2.87. The summed E-state index contributed by atoms with van der Waals surface area (Å²) in [4.78, 5) is 41.6. The van der Waals surface area contributed by atoms with Crippen molar-refractivity contribution in [2.45, 2.75) is 140 Å². The van der Waals surface area contributed by atoms with Crippen molar-refractivity contribution in [1.29, 1.82) is 0 Å². The minimum Gasteiger partial charge on any atom is -0.462 e. The maximum Gasteiger partial charge on any atom is 0.309 e. The van der Waals surface area contributed by atoms with Crippen LogP contribution in [0.4, 0.5) is 0 Å². The van der Waals surface area contributed by atoms with E-state index in [0.717, 1.165) is 19.4 Å². The van der Waals surface area contributed by atoms with Gasteiger partial charge in [0.1, 0.15) is 17.5 Å². The predicted molar refractivity (Wildman–Crippen MR) is 167 cm³/mol. The van der Waals surface area contributed by atoms with Crippen LogP contribution in [-0.2, 0) is 28.6 Å². The second-order valence-electron chi connectivity index (χ2n) is 17.2. The lowest BCUT2D eigenvalue weighted by Crippen LogP contribution is -2.77. The molecule has 4 aliphatic carbocycles. The SMILES string of the molecule is CCC(C)C(=O)OC1C(O)C2C(CN3CC(C)CCC3C2(C)O)C2CC34OC5(O)C(C(C)=O)CCC3(C)C5CC(OC(C)=O)C4C21O. The smallest absolute Gasteiger partial charge is 0.309 e. The van der Waals surface area contributed by atoms with Gasteiger partial charge in [-0.15, -0.1) is 0 Å². The fourth-order valence-electron chi connectivity index (χ4n) is 12.8. The molecule has 0 aromatic carbocycles. The zero-order valence-electron chi connectivity index (χ0n) is 29.0. The molecule has 7 fully saturated rings. The molecule has 11 nitrogen and oxygen atoms in total. The van der Waals surface area contributed by atoms with E-state index in [1.807, 2.05) is 6.92 Å². The first-order valence-corrected chi connectivity index (χ1v) is 18.1. The van der Waals surface area contributed by atoms with E-state index in [0.29, 0.717) is 31.7 Å². The molecule has 0 radical (unpaired) electrons. The molecule has 17 unspecified atom stereocenters. The molecule has 4 N–H and O–H groups in total. The maximum absolute atomic E-state index is 13.6. The Bertz CT molecular complexity index is 1340. The molecule has 0 amide bonds. The van der Waals surface area contributed by atoms with Crippen LogP contribution in [0.1, 0.15) is 93.4 Å². The Labute approximate surface area is 277 Å². The van der Waals surface area contributed by atoms with Crippen LogP contribution in [0, 0.1) is 52.8 Å². The van der Waals surface area contributed by atoms with Crippen molar-refractivity contribution in [1.82, 2.24) is 4.90 Å². The number of aliphatic hydroxyl groups excluding tert-OH is 1. The second kappa shape index (κ2) is 10.7. The van der Waals surface area contributed by atoms with Crippen molar-refractivity contribution in [3.05, 3.63) is 0 Å². The molecule has 0 aromatic heterocycles. The highest BCUT2D eigenvalue weighted by Crippen LogP contribution is 2.78. The highest BCUT2D eigenvalue weighted by molar-refractivity contribution is 5.80. The van der Waals surface area contributed by atoms with Crippen molar-refractivity contribution in [2.24, 2.45) is 52.8 Å². The van der Waals surface area contributed by atoms with Gasteiger partial charge in [-0.2, -0.15) is 0 Å². The van der Waals surface area contributed by atoms with E-state index in [2.05, 4.69) is 18.7 Å². The normalized spacial score (nSPS) is 55.2. The molecule has 3 aliphatic heterocycles. The summed E-state index contributed by atoms with van der Waals surface area (Å²) in [7, 11) is 0. The molecule has 7 aliphatic rings. The lowest BCUT2D eigenvalue weighted by Gasteiger charge is -2.64. The summed E-state index contributed by atoms with van der Waals surface area (Å²) in [5, 5.41) is 50.8. The Kier molecular flexibility index (Phi) is 7.70. The summed E-state index contributed by atoms with van der Waals surface area (Å²) in [6.07, 6.45) is -0.235. The summed E-state index contributed by atoms with van der Waals surface area (Å²) in [6, 6.07) is -0.205. The average molecular weight is 662 g/mol. The van der Waals surface area contributed by atoms with Gasteiger partial charge >= 0.3 is 11.9 Å². The van der Waals surface area contributed by atoms with Gasteiger partial charge in [-0.05, 0) is 76.5 Å². The van der Waals surface area contributed by atoms with Crippen molar-refractivity contribution in [2.75, 3.05) is 13.1 Å². The quantitative estimate of drug-likeness (QED) is 0.320. The van der Waals surface area contributed by atoms with Gasteiger partial charge in [-0.25, -0.2) is 0 Å². The zero-order chi connectivity index (χ0) is 34.2. The number of piperidine rings is 2. The molecular weight excluding hydrogens is 606 g/mol. The van der Waals surface area contributed by atoms with Gasteiger partial charge in [0, 0.05) is 43.3 Å². The van der Waals surface area contributed by atoms with E-state index in [9.17, 15) is 34.8 Å². The third-order valence-corrected chi connectivity index (χ3v) is 14.9. The van der Waals surface area contributed by atoms with Crippen LogP contribution in [0.2, 0.25) is 0 Å². The van der Waals surface area contributed by atoms with Gasteiger partial charge in [0.05, 0.1) is 35.1 Å². The van der Waals surface area contributed by atoms with Crippen LogP contribution in [0.3, 0.4) is 0 Å². The molecule has 3 saturated heterocycles. The number of ketones is 1. The van der Waals surface area contributed by atoms with Crippen LogP contribution in [0.25, 0.3) is 0 Å². The minimum absolute atomic E-state index is 0.150. The topological polar surface area (TPSA) is 163 Å². The van der Waals surface area contributed by atoms with Crippen LogP contribution < -0.4 is 0 Å². The molecule has 11 heteroatoms. The molecule has 3 heterocycles. The van der Waals surface area contributed by atoms with Crippen LogP contribution in [0.5, 0.6) is 0 Å². The Morgan fingerprint density at radius 3 is 2.38 bits per heavy atom. The number of esters is 2. The molecular formula is C36H55NO10. The first-order valence-electron chi connectivity index (χ1n) is 18.1. The van der Waals surface area contributed by atoms with E-state index >= 15 is 0 Å². The lowest BCUT2D eigenvalue weighted by atomic mass is 9.48. The molecule has 0 aromatic rings. The summed E-state index contributed by atoms with van der Waals surface area (Å²) in [6.45, 7) is 13.7. The van der Waals surface area contributed by atoms with Crippen LogP contribution in [0.15, 0.2) is 0 Å². The summed E-state index contributed by atoms with van der Waals surface area (Å²) in [5.74, 6) is -7.31. The molecule has 264 valence electrons. The van der Waals surface area contributed by atoms with Gasteiger partial charge in [0.15, 0.2) is 11.9 Å². The number of hydrogen-bond acceptors (Lipinski definition) is 11. The fourth-order valence-corrected chi connectivity index (χ4v) is 12.8. The number of rotatable bonds is 5. The molecule has 1 spiro atoms. The average Bonchev–Trinajstić information content (AvgIpc) is 3.24. The van der Waals surface area contributed by atoms with Crippen molar-refractivity contribution in [3.8, 4) is 0 Å².